The molecule has 1 unspecified atom stereocenters. The Kier molecular flexibility index (Phi) is 6.31. The predicted octanol–water partition coefficient (Wildman–Crippen LogP) is 5.72. The Bertz CT molecular complexity index is 1230. The first-order valence-corrected chi connectivity index (χ1v) is 11.1. The molecule has 33 heavy (non-hydrogen) atoms. The van der Waals surface area contributed by atoms with Gasteiger partial charge in [-0.3, -0.25) is 14.5 Å². The number of rotatable bonds is 6. The largest absolute Gasteiger partial charge is 0.507 e. The number of carbonyl (C=O) groups is 2. The maximum atomic E-state index is 13.3. The molecule has 0 aliphatic carbocycles. The van der Waals surface area contributed by atoms with E-state index in [9.17, 15) is 14.7 Å². The third kappa shape index (κ3) is 4.27. The summed E-state index contributed by atoms with van der Waals surface area (Å²) in [6.07, 6.45) is 0.852. The number of ketones is 1. The van der Waals surface area contributed by atoms with Gasteiger partial charge in [0.15, 0.2) is 0 Å². The van der Waals surface area contributed by atoms with Crippen LogP contribution in [0.2, 0.25) is 0 Å². The summed E-state index contributed by atoms with van der Waals surface area (Å²) in [7, 11) is 0. The zero-order chi connectivity index (χ0) is 23.5. The summed E-state index contributed by atoms with van der Waals surface area (Å²) in [5, 5.41) is 11.3. The van der Waals surface area contributed by atoms with Crippen molar-refractivity contribution in [1.29, 1.82) is 0 Å². The van der Waals surface area contributed by atoms with Crippen LogP contribution in [0.15, 0.2) is 78.4 Å². The topological polar surface area (TPSA) is 66.8 Å². The molecule has 5 nitrogen and oxygen atoms in total. The zero-order valence-corrected chi connectivity index (χ0v) is 19.0. The molecular weight excluding hydrogens is 414 g/mol. The summed E-state index contributed by atoms with van der Waals surface area (Å²) < 4.78 is 5.69. The van der Waals surface area contributed by atoms with Crippen molar-refractivity contribution in [3.63, 3.8) is 0 Å². The van der Waals surface area contributed by atoms with E-state index in [1.807, 2.05) is 69.3 Å². The zero-order valence-electron chi connectivity index (χ0n) is 19.0. The van der Waals surface area contributed by atoms with E-state index in [2.05, 4.69) is 0 Å². The summed E-state index contributed by atoms with van der Waals surface area (Å²) in [5.74, 6) is -0.979. The average Bonchev–Trinajstić information content (AvgIpc) is 3.08. The number of anilines is 1. The summed E-state index contributed by atoms with van der Waals surface area (Å²) in [6, 6.07) is 21.3. The van der Waals surface area contributed by atoms with E-state index in [-0.39, 0.29) is 11.3 Å². The van der Waals surface area contributed by atoms with Gasteiger partial charge in [0.25, 0.3) is 11.7 Å². The highest BCUT2D eigenvalue weighted by molar-refractivity contribution is 6.51. The van der Waals surface area contributed by atoms with Gasteiger partial charge in [0.05, 0.1) is 18.2 Å². The number of amides is 1. The van der Waals surface area contributed by atoms with Crippen LogP contribution in [0.25, 0.3) is 5.76 Å². The molecule has 5 heteroatoms. The highest BCUT2D eigenvalue weighted by Gasteiger charge is 2.47. The van der Waals surface area contributed by atoms with Crippen LogP contribution in [-0.4, -0.2) is 23.4 Å². The lowest BCUT2D eigenvalue weighted by molar-refractivity contribution is -0.132. The van der Waals surface area contributed by atoms with Crippen molar-refractivity contribution in [1.82, 2.24) is 0 Å². The van der Waals surface area contributed by atoms with Crippen molar-refractivity contribution >= 4 is 23.1 Å². The van der Waals surface area contributed by atoms with Gasteiger partial charge in [-0.25, -0.2) is 0 Å². The molecule has 3 aromatic rings. The predicted molar refractivity (Wildman–Crippen MR) is 129 cm³/mol. The number of benzene rings is 3. The van der Waals surface area contributed by atoms with Crippen LogP contribution in [0.3, 0.4) is 0 Å². The number of hydrogen-bond donors (Lipinski definition) is 1. The minimum absolute atomic E-state index is 0.0718. The van der Waals surface area contributed by atoms with Crippen LogP contribution >= 0.6 is 0 Å². The lowest BCUT2D eigenvalue weighted by Crippen LogP contribution is -2.29. The Morgan fingerprint density at radius 1 is 0.970 bits per heavy atom. The van der Waals surface area contributed by atoms with Crippen molar-refractivity contribution in [2.45, 2.75) is 33.2 Å². The Hall–Kier alpha value is -3.86. The molecule has 1 atom stereocenters. The van der Waals surface area contributed by atoms with Gasteiger partial charge in [-0.05, 0) is 55.7 Å². The van der Waals surface area contributed by atoms with Gasteiger partial charge in [-0.15, -0.1) is 0 Å². The highest BCUT2D eigenvalue weighted by atomic mass is 16.5. The van der Waals surface area contributed by atoms with Gasteiger partial charge >= 0.3 is 0 Å². The van der Waals surface area contributed by atoms with Crippen molar-refractivity contribution in [3.05, 3.63) is 101 Å². The first-order valence-electron chi connectivity index (χ1n) is 11.1. The van der Waals surface area contributed by atoms with E-state index in [0.29, 0.717) is 23.6 Å². The maximum Gasteiger partial charge on any atom is 0.300 e. The standard InChI is InChI=1S/C28H27NO4/c1-4-16-33-22-10-7-9-20(17-22)26(30)24-25(23-11-6-5-8-19(23)3)29(28(32)27(24)31)21-14-12-18(2)13-15-21/h5-15,17,25,30H,4,16H2,1-3H3/b26-24+. The summed E-state index contributed by atoms with van der Waals surface area (Å²) >= 11 is 0. The summed E-state index contributed by atoms with van der Waals surface area (Å²) in [5.41, 5.74) is 3.87. The second-order valence-electron chi connectivity index (χ2n) is 8.24. The molecule has 1 saturated heterocycles. The van der Waals surface area contributed by atoms with Crippen LogP contribution in [0.4, 0.5) is 5.69 Å². The molecule has 1 aliphatic rings. The van der Waals surface area contributed by atoms with E-state index in [0.717, 1.165) is 23.1 Å². The Balaban J connectivity index is 1.90. The molecule has 1 amide bonds. The molecule has 1 fully saturated rings. The minimum atomic E-state index is -0.742. The molecule has 0 bridgehead atoms. The number of Topliss-reactive ketones (excluding diaryl/α,β-unsaturated/α-hetero) is 1. The van der Waals surface area contributed by atoms with Crippen molar-refractivity contribution < 1.29 is 19.4 Å². The van der Waals surface area contributed by atoms with Gasteiger partial charge in [0.2, 0.25) is 0 Å². The molecule has 168 valence electrons. The quantitative estimate of drug-likeness (QED) is 0.302. The number of carbonyl (C=O) groups excluding carboxylic acids is 2. The highest BCUT2D eigenvalue weighted by Crippen LogP contribution is 2.43. The molecule has 0 saturated carbocycles. The Labute approximate surface area is 193 Å². The third-order valence-electron chi connectivity index (χ3n) is 5.82. The summed E-state index contributed by atoms with van der Waals surface area (Å²) in [4.78, 5) is 28.0. The SMILES string of the molecule is CCCOc1cccc(/C(O)=C2\C(=O)C(=O)N(c3ccc(C)cc3)C2c2ccccc2C)c1. The number of ether oxygens (including phenoxy) is 1. The smallest absolute Gasteiger partial charge is 0.300 e. The molecule has 0 radical (unpaired) electrons. The van der Waals surface area contributed by atoms with Crippen LogP contribution in [0, 0.1) is 13.8 Å². The molecule has 0 spiro atoms. The van der Waals surface area contributed by atoms with E-state index in [4.69, 9.17) is 4.74 Å². The van der Waals surface area contributed by atoms with Gasteiger partial charge in [0.1, 0.15) is 11.5 Å². The van der Waals surface area contributed by atoms with Crippen LogP contribution < -0.4 is 9.64 Å². The Morgan fingerprint density at radius 2 is 1.70 bits per heavy atom. The Morgan fingerprint density at radius 3 is 2.39 bits per heavy atom. The number of aliphatic hydroxyl groups is 1. The van der Waals surface area contributed by atoms with Crippen molar-refractivity contribution in [3.8, 4) is 5.75 Å². The van der Waals surface area contributed by atoms with Gasteiger partial charge in [-0.2, -0.15) is 0 Å². The maximum absolute atomic E-state index is 13.3. The second-order valence-corrected chi connectivity index (χ2v) is 8.24. The normalized spacial score (nSPS) is 17.4. The van der Waals surface area contributed by atoms with Crippen molar-refractivity contribution in [2.24, 2.45) is 0 Å². The number of nitrogens with zero attached hydrogens (tertiary/aromatic N) is 1. The number of aliphatic hydroxyl groups excluding tert-OH is 1. The molecular formula is C28H27NO4. The fraction of sp³-hybridized carbons (Fsp3) is 0.214. The van der Waals surface area contributed by atoms with E-state index < -0.39 is 17.7 Å². The minimum Gasteiger partial charge on any atom is -0.507 e. The molecule has 0 aromatic heterocycles. The average molecular weight is 442 g/mol. The first-order chi connectivity index (χ1) is 15.9. The number of aryl methyl sites for hydroxylation is 2. The van der Waals surface area contributed by atoms with Gasteiger partial charge in [0, 0.05) is 11.3 Å². The van der Waals surface area contributed by atoms with Crippen LogP contribution in [0.1, 0.15) is 41.6 Å². The lowest BCUT2D eigenvalue weighted by atomic mass is 9.92. The van der Waals surface area contributed by atoms with E-state index >= 15 is 0 Å². The lowest BCUT2D eigenvalue weighted by Gasteiger charge is -2.26. The fourth-order valence-electron chi connectivity index (χ4n) is 4.10. The van der Waals surface area contributed by atoms with E-state index in [1.54, 1.807) is 24.3 Å². The third-order valence-corrected chi connectivity index (χ3v) is 5.82. The second kappa shape index (κ2) is 9.33. The van der Waals surface area contributed by atoms with Gasteiger partial charge < -0.3 is 9.84 Å². The fourth-order valence-corrected chi connectivity index (χ4v) is 4.10. The molecule has 1 aliphatic heterocycles. The van der Waals surface area contributed by atoms with Crippen LogP contribution in [-0.2, 0) is 9.59 Å². The molecule has 4 rings (SSSR count). The van der Waals surface area contributed by atoms with Gasteiger partial charge in [-0.1, -0.05) is 61.0 Å². The number of hydrogen-bond acceptors (Lipinski definition) is 4. The summed E-state index contributed by atoms with van der Waals surface area (Å²) in [6.45, 7) is 6.46. The van der Waals surface area contributed by atoms with E-state index in [1.165, 1.54) is 4.90 Å². The molecule has 3 aromatic carbocycles. The van der Waals surface area contributed by atoms with Crippen molar-refractivity contribution in [2.75, 3.05) is 11.5 Å². The molecule has 1 N–H and O–H groups in total. The monoisotopic (exact) mass is 441 g/mol. The first kappa shape index (κ1) is 22.3. The molecule has 1 heterocycles. The van der Waals surface area contributed by atoms with Crippen LogP contribution in [0.5, 0.6) is 5.75 Å².